The van der Waals surface area contributed by atoms with Crippen LogP contribution in [-0.4, -0.2) is 41.1 Å². The van der Waals surface area contributed by atoms with Gasteiger partial charge in [0.25, 0.3) is 0 Å². The molecule has 0 aromatic carbocycles. The number of nitrogens with one attached hydrogen (secondary N) is 1. The number of aliphatic carboxylic acids is 1. The molecule has 2 rings (SSSR count). The van der Waals surface area contributed by atoms with Gasteiger partial charge in [0.1, 0.15) is 0 Å². The van der Waals surface area contributed by atoms with E-state index in [1.807, 2.05) is 0 Å². The summed E-state index contributed by atoms with van der Waals surface area (Å²) in [6.07, 6.45) is 5.74. The first-order chi connectivity index (χ1) is 7.66. The van der Waals surface area contributed by atoms with Crippen molar-refractivity contribution in [1.82, 2.24) is 10.2 Å². The van der Waals surface area contributed by atoms with Crippen LogP contribution in [0.2, 0.25) is 0 Å². The van der Waals surface area contributed by atoms with Gasteiger partial charge in [-0.2, -0.15) is 0 Å². The molecule has 0 unspecified atom stereocenters. The van der Waals surface area contributed by atoms with E-state index in [0.717, 1.165) is 12.8 Å². The number of carbonyl (C=O) groups excluding carboxylic acids is 1. The van der Waals surface area contributed by atoms with E-state index < -0.39 is 5.97 Å². The fourth-order valence-electron chi connectivity index (χ4n) is 2.31. The summed E-state index contributed by atoms with van der Waals surface area (Å²) < 4.78 is 0. The van der Waals surface area contributed by atoms with Crippen molar-refractivity contribution >= 4 is 12.0 Å². The number of hydrogen-bond donors (Lipinski definition) is 2. The zero-order valence-corrected chi connectivity index (χ0v) is 9.32. The molecule has 0 bridgehead atoms. The lowest BCUT2D eigenvalue weighted by molar-refractivity contribution is -0.146. The standard InChI is InChI=1S/C11H18N2O3/c14-10(15)8-6-13(7-8)11(16)12-9-4-2-1-3-5-9/h8-9H,1-7H2,(H,12,16)(H,14,15). The highest BCUT2D eigenvalue weighted by atomic mass is 16.4. The maximum Gasteiger partial charge on any atom is 0.317 e. The van der Waals surface area contributed by atoms with E-state index in [0.29, 0.717) is 19.1 Å². The van der Waals surface area contributed by atoms with Crippen LogP contribution < -0.4 is 5.32 Å². The molecule has 5 nitrogen and oxygen atoms in total. The van der Waals surface area contributed by atoms with Crippen LogP contribution >= 0.6 is 0 Å². The van der Waals surface area contributed by atoms with Gasteiger partial charge < -0.3 is 15.3 Å². The molecule has 2 N–H and O–H groups in total. The van der Waals surface area contributed by atoms with Crippen LogP contribution in [0.15, 0.2) is 0 Å². The molecule has 5 heteroatoms. The van der Waals surface area contributed by atoms with Crippen LogP contribution in [-0.2, 0) is 4.79 Å². The van der Waals surface area contributed by atoms with Gasteiger partial charge in [0.15, 0.2) is 0 Å². The van der Waals surface area contributed by atoms with Crippen molar-refractivity contribution in [2.45, 2.75) is 38.1 Å². The number of amides is 2. The molecule has 2 fully saturated rings. The van der Waals surface area contributed by atoms with Gasteiger partial charge in [-0.15, -0.1) is 0 Å². The Balaban J connectivity index is 1.71. The highest BCUT2D eigenvalue weighted by molar-refractivity contribution is 5.79. The number of carboxylic acids is 1. The van der Waals surface area contributed by atoms with E-state index in [1.165, 1.54) is 19.3 Å². The Morgan fingerprint density at radius 3 is 2.31 bits per heavy atom. The van der Waals surface area contributed by atoms with Gasteiger partial charge in [-0.1, -0.05) is 19.3 Å². The molecule has 2 aliphatic rings. The van der Waals surface area contributed by atoms with E-state index in [2.05, 4.69) is 5.32 Å². The second-order valence-electron chi connectivity index (χ2n) is 4.72. The molecule has 0 aromatic heterocycles. The molecule has 0 aromatic rings. The normalized spacial score (nSPS) is 22.6. The maximum absolute atomic E-state index is 11.7. The minimum atomic E-state index is -0.804. The highest BCUT2D eigenvalue weighted by Crippen LogP contribution is 2.19. The lowest BCUT2D eigenvalue weighted by atomic mass is 9.95. The first kappa shape index (κ1) is 11.2. The Bertz CT molecular complexity index is 281. The molecule has 90 valence electrons. The quantitative estimate of drug-likeness (QED) is 0.739. The molecule has 0 atom stereocenters. The fourth-order valence-corrected chi connectivity index (χ4v) is 2.31. The molecule has 2 amide bonds. The molecule has 1 saturated carbocycles. The van der Waals surface area contributed by atoms with Crippen LogP contribution in [0.4, 0.5) is 4.79 Å². The maximum atomic E-state index is 11.7. The SMILES string of the molecule is O=C(O)C1CN(C(=O)NC2CCCCC2)C1. The summed E-state index contributed by atoms with van der Waals surface area (Å²) >= 11 is 0. The van der Waals surface area contributed by atoms with Gasteiger partial charge in [-0.3, -0.25) is 4.79 Å². The molecule has 1 aliphatic heterocycles. The smallest absolute Gasteiger partial charge is 0.317 e. The van der Waals surface area contributed by atoms with E-state index in [9.17, 15) is 9.59 Å². The van der Waals surface area contributed by atoms with Crippen LogP contribution in [0.5, 0.6) is 0 Å². The van der Waals surface area contributed by atoms with Crippen molar-refractivity contribution in [2.75, 3.05) is 13.1 Å². The second kappa shape index (κ2) is 4.72. The average Bonchev–Trinajstić information content (AvgIpc) is 2.15. The Kier molecular flexibility index (Phi) is 3.31. The zero-order valence-electron chi connectivity index (χ0n) is 9.32. The third kappa shape index (κ3) is 2.46. The number of carbonyl (C=O) groups is 2. The van der Waals surface area contributed by atoms with Crippen molar-refractivity contribution in [3.05, 3.63) is 0 Å². The molecule has 1 heterocycles. The number of carboxylic acid groups (broad SMARTS) is 1. The van der Waals surface area contributed by atoms with Gasteiger partial charge in [0.2, 0.25) is 0 Å². The number of hydrogen-bond acceptors (Lipinski definition) is 2. The first-order valence-corrected chi connectivity index (χ1v) is 5.95. The van der Waals surface area contributed by atoms with Gasteiger partial charge in [-0.25, -0.2) is 4.79 Å². The van der Waals surface area contributed by atoms with Gasteiger partial charge in [-0.05, 0) is 12.8 Å². The third-order valence-electron chi connectivity index (χ3n) is 3.45. The molecular weight excluding hydrogens is 208 g/mol. The van der Waals surface area contributed by atoms with Gasteiger partial charge in [0.05, 0.1) is 5.92 Å². The predicted molar refractivity (Wildman–Crippen MR) is 58.1 cm³/mol. The van der Waals surface area contributed by atoms with Crippen LogP contribution in [0.1, 0.15) is 32.1 Å². The summed E-state index contributed by atoms with van der Waals surface area (Å²) in [5, 5.41) is 11.7. The topological polar surface area (TPSA) is 69.6 Å². The summed E-state index contributed by atoms with van der Waals surface area (Å²) in [6, 6.07) is 0.203. The minimum absolute atomic E-state index is 0.0931. The Labute approximate surface area is 94.8 Å². The number of rotatable bonds is 2. The van der Waals surface area contributed by atoms with E-state index in [1.54, 1.807) is 4.90 Å². The van der Waals surface area contributed by atoms with E-state index >= 15 is 0 Å². The van der Waals surface area contributed by atoms with Gasteiger partial charge in [0, 0.05) is 19.1 Å². The number of urea groups is 1. The molecule has 16 heavy (non-hydrogen) atoms. The Morgan fingerprint density at radius 2 is 1.75 bits per heavy atom. The van der Waals surface area contributed by atoms with Crippen LogP contribution in [0.25, 0.3) is 0 Å². The van der Waals surface area contributed by atoms with E-state index in [-0.39, 0.29) is 11.9 Å². The predicted octanol–water partition coefficient (Wildman–Crippen LogP) is 1.05. The molecular formula is C11H18N2O3. The lowest BCUT2D eigenvalue weighted by Gasteiger charge is -2.38. The zero-order chi connectivity index (χ0) is 11.5. The summed E-state index contributed by atoms with van der Waals surface area (Å²) in [5.41, 5.74) is 0. The van der Waals surface area contributed by atoms with Crippen LogP contribution in [0, 0.1) is 5.92 Å². The molecule has 1 aliphatic carbocycles. The molecule has 0 radical (unpaired) electrons. The first-order valence-electron chi connectivity index (χ1n) is 5.95. The Morgan fingerprint density at radius 1 is 1.12 bits per heavy atom. The van der Waals surface area contributed by atoms with Crippen molar-refractivity contribution < 1.29 is 14.7 Å². The van der Waals surface area contributed by atoms with Crippen molar-refractivity contribution in [1.29, 1.82) is 0 Å². The number of likely N-dealkylation sites (tertiary alicyclic amines) is 1. The summed E-state index contributed by atoms with van der Waals surface area (Å²) in [4.78, 5) is 23.8. The monoisotopic (exact) mass is 226 g/mol. The largest absolute Gasteiger partial charge is 0.481 e. The lowest BCUT2D eigenvalue weighted by Crippen LogP contribution is -2.57. The highest BCUT2D eigenvalue weighted by Gasteiger charge is 2.36. The summed E-state index contributed by atoms with van der Waals surface area (Å²) in [5.74, 6) is -1.17. The molecule has 1 saturated heterocycles. The van der Waals surface area contributed by atoms with Crippen molar-refractivity contribution in [2.24, 2.45) is 5.92 Å². The second-order valence-corrected chi connectivity index (χ2v) is 4.72. The summed E-state index contributed by atoms with van der Waals surface area (Å²) in [7, 11) is 0. The average molecular weight is 226 g/mol. The van der Waals surface area contributed by atoms with Crippen molar-refractivity contribution in [3.8, 4) is 0 Å². The van der Waals surface area contributed by atoms with E-state index in [4.69, 9.17) is 5.11 Å². The Hall–Kier alpha value is -1.26. The third-order valence-corrected chi connectivity index (χ3v) is 3.45. The fraction of sp³-hybridized carbons (Fsp3) is 0.818. The minimum Gasteiger partial charge on any atom is -0.481 e. The van der Waals surface area contributed by atoms with Gasteiger partial charge >= 0.3 is 12.0 Å². The molecule has 0 spiro atoms. The van der Waals surface area contributed by atoms with Crippen molar-refractivity contribution in [3.63, 3.8) is 0 Å². The van der Waals surface area contributed by atoms with Crippen LogP contribution in [0.3, 0.4) is 0 Å². The summed E-state index contributed by atoms with van der Waals surface area (Å²) in [6.45, 7) is 0.710. The number of nitrogens with zero attached hydrogens (tertiary/aromatic N) is 1.